The minimum absolute atomic E-state index is 0.0579. The first-order chi connectivity index (χ1) is 7.65. The topological polar surface area (TPSA) is 43.4 Å². The average molecular weight is 241 g/mol. The third-order valence-corrected chi connectivity index (χ3v) is 2.25. The van der Waals surface area contributed by atoms with Gasteiger partial charge < -0.3 is 4.74 Å². The third-order valence-electron chi connectivity index (χ3n) is 1.98. The summed E-state index contributed by atoms with van der Waals surface area (Å²) in [4.78, 5) is 22.6. The zero-order valence-corrected chi connectivity index (χ0v) is 9.79. The molecule has 1 aromatic carbocycles. The monoisotopic (exact) mass is 240 g/mol. The van der Waals surface area contributed by atoms with Gasteiger partial charge in [0.15, 0.2) is 5.78 Å². The van der Waals surface area contributed by atoms with E-state index in [4.69, 9.17) is 16.3 Å². The summed E-state index contributed by atoms with van der Waals surface area (Å²) in [6.45, 7) is 1.31. The Bertz CT molecular complexity index is 388. The summed E-state index contributed by atoms with van der Waals surface area (Å²) < 4.78 is 4.95. The molecule has 0 saturated carbocycles. The van der Waals surface area contributed by atoms with Crippen molar-refractivity contribution in [1.82, 2.24) is 0 Å². The third kappa shape index (κ3) is 3.66. The van der Waals surface area contributed by atoms with Gasteiger partial charge in [0.1, 0.15) is 5.75 Å². The fourth-order valence-electron chi connectivity index (χ4n) is 1.30. The minimum Gasteiger partial charge on any atom is -0.426 e. The summed E-state index contributed by atoms with van der Waals surface area (Å²) in [6.07, 6.45) is 0.983. The maximum Gasteiger partial charge on any atom is 0.308 e. The molecule has 0 saturated heterocycles. The largest absolute Gasteiger partial charge is 0.426 e. The molecule has 1 rings (SSSR count). The molecule has 0 unspecified atom stereocenters. The van der Waals surface area contributed by atoms with Crippen LogP contribution < -0.4 is 4.74 Å². The lowest BCUT2D eigenvalue weighted by atomic mass is 10.1. The second-order valence-corrected chi connectivity index (χ2v) is 3.68. The molecule has 3 nitrogen and oxygen atoms in total. The Balaban J connectivity index is 2.85. The number of benzene rings is 1. The zero-order chi connectivity index (χ0) is 12.0. The van der Waals surface area contributed by atoms with Crippen molar-refractivity contribution < 1.29 is 14.3 Å². The number of hydrogen-bond acceptors (Lipinski definition) is 3. The summed E-state index contributed by atoms with van der Waals surface area (Å²) in [5.41, 5.74) is 0.433. The van der Waals surface area contributed by atoms with Crippen molar-refractivity contribution in [2.45, 2.75) is 19.8 Å². The number of ether oxygens (including phenoxy) is 1. The number of ketones is 1. The van der Waals surface area contributed by atoms with E-state index < -0.39 is 5.97 Å². The molecule has 0 amide bonds. The van der Waals surface area contributed by atoms with Gasteiger partial charge in [0.05, 0.1) is 5.56 Å². The number of carbonyl (C=O) groups is 2. The quantitative estimate of drug-likeness (QED) is 0.344. The number of rotatable bonds is 5. The molecule has 0 N–H and O–H groups in total. The molecule has 16 heavy (non-hydrogen) atoms. The van der Waals surface area contributed by atoms with Crippen molar-refractivity contribution in [2.24, 2.45) is 0 Å². The van der Waals surface area contributed by atoms with Crippen molar-refractivity contribution in [3.8, 4) is 5.75 Å². The first-order valence-corrected chi connectivity index (χ1v) is 5.55. The van der Waals surface area contributed by atoms with E-state index in [1.165, 1.54) is 6.92 Å². The van der Waals surface area contributed by atoms with Crippen LogP contribution in [0.25, 0.3) is 0 Å². The number of para-hydroxylation sites is 1. The molecular weight excluding hydrogens is 228 g/mol. The number of halogens is 1. The van der Waals surface area contributed by atoms with Crippen LogP contribution in [-0.4, -0.2) is 17.6 Å². The zero-order valence-electron chi connectivity index (χ0n) is 9.03. The van der Waals surface area contributed by atoms with Gasteiger partial charge in [-0.1, -0.05) is 12.1 Å². The molecule has 0 fully saturated rings. The van der Waals surface area contributed by atoms with Gasteiger partial charge in [-0.25, -0.2) is 0 Å². The van der Waals surface area contributed by atoms with E-state index in [0.717, 1.165) is 0 Å². The molecule has 86 valence electrons. The molecule has 0 radical (unpaired) electrons. The van der Waals surface area contributed by atoms with Crippen LogP contribution in [0, 0.1) is 0 Å². The van der Waals surface area contributed by atoms with Crippen molar-refractivity contribution >= 4 is 23.4 Å². The SMILES string of the molecule is CC(=O)Oc1ccccc1C(=O)CCCCl. The van der Waals surface area contributed by atoms with E-state index >= 15 is 0 Å². The highest BCUT2D eigenvalue weighted by Gasteiger charge is 2.12. The Kier molecular flexibility index (Phi) is 4.99. The van der Waals surface area contributed by atoms with E-state index in [9.17, 15) is 9.59 Å². The van der Waals surface area contributed by atoms with E-state index in [1.54, 1.807) is 24.3 Å². The number of hydrogen-bond donors (Lipinski definition) is 0. The van der Waals surface area contributed by atoms with Crippen LogP contribution in [0.15, 0.2) is 24.3 Å². The van der Waals surface area contributed by atoms with Gasteiger partial charge in [-0.3, -0.25) is 9.59 Å². The number of alkyl halides is 1. The average Bonchev–Trinajstić information content (AvgIpc) is 2.26. The molecule has 0 aliphatic carbocycles. The van der Waals surface area contributed by atoms with Crippen LogP contribution in [0.1, 0.15) is 30.1 Å². The Morgan fingerprint density at radius 1 is 1.31 bits per heavy atom. The smallest absolute Gasteiger partial charge is 0.308 e. The fraction of sp³-hybridized carbons (Fsp3) is 0.333. The van der Waals surface area contributed by atoms with Crippen molar-refractivity contribution in [3.63, 3.8) is 0 Å². The van der Waals surface area contributed by atoms with Crippen LogP contribution >= 0.6 is 11.6 Å². The van der Waals surface area contributed by atoms with Gasteiger partial charge in [0, 0.05) is 19.2 Å². The highest BCUT2D eigenvalue weighted by atomic mass is 35.5. The molecule has 0 bridgehead atoms. The molecule has 0 aliphatic rings. The maximum absolute atomic E-state index is 11.8. The van der Waals surface area contributed by atoms with E-state index in [-0.39, 0.29) is 5.78 Å². The minimum atomic E-state index is -0.433. The van der Waals surface area contributed by atoms with E-state index in [2.05, 4.69) is 0 Å². The molecule has 0 aliphatic heterocycles. The van der Waals surface area contributed by atoms with Gasteiger partial charge in [-0.2, -0.15) is 0 Å². The maximum atomic E-state index is 11.8. The van der Waals surface area contributed by atoms with Crippen LogP contribution in [0.2, 0.25) is 0 Å². The Morgan fingerprint density at radius 2 is 2.00 bits per heavy atom. The van der Waals surface area contributed by atoms with Crippen molar-refractivity contribution in [3.05, 3.63) is 29.8 Å². The predicted molar refractivity (Wildman–Crippen MR) is 62.0 cm³/mol. The molecule has 0 aromatic heterocycles. The number of esters is 1. The van der Waals surface area contributed by atoms with Gasteiger partial charge in [0.2, 0.25) is 0 Å². The molecular formula is C12H13ClO3. The summed E-state index contributed by atoms with van der Waals surface area (Å²) in [5.74, 6) is 0.270. The number of Topliss-reactive ketones (excluding diaryl/α,β-unsaturated/α-hetero) is 1. The summed E-state index contributed by atoms with van der Waals surface area (Å²) >= 11 is 5.52. The van der Waals surface area contributed by atoms with Crippen LogP contribution in [0.3, 0.4) is 0 Å². The standard InChI is InChI=1S/C12H13ClO3/c1-9(14)16-12-7-3-2-5-10(12)11(15)6-4-8-13/h2-3,5,7H,4,6,8H2,1H3. The van der Waals surface area contributed by atoms with Crippen LogP contribution in [0.4, 0.5) is 0 Å². The molecule has 0 atom stereocenters. The molecule has 0 heterocycles. The lowest BCUT2D eigenvalue weighted by molar-refractivity contribution is -0.131. The van der Waals surface area contributed by atoms with Crippen molar-refractivity contribution in [2.75, 3.05) is 5.88 Å². The number of carbonyl (C=O) groups excluding carboxylic acids is 2. The summed E-state index contributed by atoms with van der Waals surface area (Å²) in [7, 11) is 0. The lowest BCUT2D eigenvalue weighted by Crippen LogP contribution is -2.07. The highest BCUT2D eigenvalue weighted by molar-refractivity contribution is 6.18. The van der Waals surface area contributed by atoms with Gasteiger partial charge in [0.25, 0.3) is 0 Å². The Morgan fingerprint density at radius 3 is 2.62 bits per heavy atom. The summed E-state index contributed by atoms with van der Waals surface area (Å²) in [5, 5.41) is 0. The highest BCUT2D eigenvalue weighted by Crippen LogP contribution is 2.20. The van der Waals surface area contributed by atoms with Crippen LogP contribution in [-0.2, 0) is 4.79 Å². The molecule has 0 spiro atoms. The fourth-order valence-corrected chi connectivity index (χ4v) is 1.44. The van der Waals surface area contributed by atoms with Gasteiger partial charge in [-0.15, -0.1) is 11.6 Å². The first kappa shape index (κ1) is 12.7. The normalized spacial score (nSPS) is 9.88. The van der Waals surface area contributed by atoms with E-state index in [0.29, 0.717) is 30.0 Å². The lowest BCUT2D eigenvalue weighted by Gasteiger charge is -2.07. The van der Waals surface area contributed by atoms with Crippen molar-refractivity contribution in [1.29, 1.82) is 0 Å². The van der Waals surface area contributed by atoms with Gasteiger partial charge >= 0.3 is 5.97 Å². The molecule has 4 heteroatoms. The Labute approximate surface area is 99.4 Å². The van der Waals surface area contributed by atoms with E-state index in [1.807, 2.05) is 0 Å². The second kappa shape index (κ2) is 6.28. The van der Waals surface area contributed by atoms with Gasteiger partial charge in [-0.05, 0) is 18.6 Å². The predicted octanol–water partition coefficient (Wildman–Crippen LogP) is 2.81. The Hall–Kier alpha value is -1.35. The second-order valence-electron chi connectivity index (χ2n) is 3.31. The van der Waals surface area contributed by atoms with Crippen LogP contribution in [0.5, 0.6) is 5.75 Å². The molecule has 1 aromatic rings. The summed E-state index contributed by atoms with van der Waals surface area (Å²) in [6, 6.07) is 6.71. The first-order valence-electron chi connectivity index (χ1n) is 5.01.